The Labute approximate surface area is 126 Å². The van der Waals surface area contributed by atoms with Crippen LogP contribution in [0, 0.1) is 5.92 Å². The number of carbonyl (C=O) groups excluding carboxylic acids is 1. The van der Waals surface area contributed by atoms with Crippen LogP contribution >= 0.6 is 0 Å². The molecule has 4 nitrogen and oxygen atoms in total. The van der Waals surface area contributed by atoms with Crippen LogP contribution in [-0.2, 0) is 19.0 Å². The summed E-state index contributed by atoms with van der Waals surface area (Å²) in [6, 6.07) is 9.94. The summed E-state index contributed by atoms with van der Waals surface area (Å²) in [5, 5.41) is 0. The van der Waals surface area contributed by atoms with Gasteiger partial charge in [-0.05, 0) is 5.56 Å². The zero-order valence-corrected chi connectivity index (χ0v) is 12.9. The van der Waals surface area contributed by atoms with Gasteiger partial charge in [-0.15, -0.1) is 0 Å². The molecule has 0 aromatic heterocycles. The Morgan fingerprint density at radius 3 is 2.29 bits per heavy atom. The number of hydrogen-bond donors (Lipinski definition) is 0. The third-order valence-corrected chi connectivity index (χ3v) is 3.19. The molecule has 0 unspecified atom stereocenters. The molecule has 0 aliphatic carbocycles. The fraction of sp³-hybridized carbons (Fsp3) is 0.353. The molecule has 0 fully saturated rings. The van der Waals surface area contributed by atoms with Crippen LogP contribution in [0.2, 0.25) is 0 Å². The predicted molar refractivity (Wildman–Crippen MR) is 82.5 cm³/mol. The first-order chi connectivity index (χ1) is 10.1. The topological polar surface area (TPSA) is 44.8 Å². The van der Waals surface area contributed by atoms with Crippen molar-refractivity contribution in [2.75, 3.05) is 21.3 Å². The minimum absolute atomic E-state index is 0.112. The summed E-state index contributed by atoms with van der Waals surface area (Å²) in [5.74, 6) is -0.0361. The third-order valence-electron chi connectivity index (χ3n) is 3.19. The van der Waals surface area contributed by atoms with Crippen LogP contribution < -0.4 is 0 Å². The van der Waals surface area contributed by atoms with E-state index >= 15 is 0 Å². The average molecular weight is 290 g/mol. The molecule has 2 atom stereocenters. The van der Waals surface area contributed by atoms with Crippen molar-refractivity contribution in [1.29, 1.82) is 0 Å². The molecular formula is C17H22O4. The highest BCUT2D eigenvalue weighted by Gasteiger charge is 2.20. The fourth-order valence-corrected chi connectivity index (χ4v) is 1.93. The second-order valence-corrected chi connectivity index (χ2v) is 4.53. The molecule has 0 aliphatic heterocycles. The summed E-state index contributed by atoms with van der Waals surface area (Å²) in [4.78, 5) is 11.3. The summed E-state index contributed by atoms with van der Waals surface area (Å²) >= 11 is 0. The van der Waals surface area contributed by atoms with Crippen LogP contribution in [0.3, 0.4) is 0 Å². The van der Waals surface area contributed by atoms with Crippen LogP contribution in [0.25, 0.3) is 6.08 Å². The lowest BCUT2D eigenvalue weighted by Crippen LogP contribution is -2.21. The molecule has 0 bridgehead atoms. The van der Waals surface area contributed by atoms with Gasteiger partial charge < -0.3 is 14.2 Å². The quantitative estimate of drug-likeness (QED) is 0.440. The van der Waals surface area contributed by atoms with Crippen LogP contribution in [0.4, 0.5) is 0 Å². The summed E-state index contributed by atoms with van der Waals surface area (Å²) in [7, 11) is 4.49. The van der Waals surface area contributed by atoms with Crippen LogP contribution in [0.5, 0.6) is 0 Å². The number of hydrogen-bond acceptors (Lipinski definition) is 4. The third kappa shape index (κ3) is 5.44. The van der Waals surface area contributed by atoms with Gasteiger partial charge in [-0.2, -0.15) is 0 Å². The molecule has 21 heavy (non-hydrogen) atoms. The van der Waals surface area contributed by atoms with Crippen LogP contribution in [0.15, 0.2) is 48.2 Å². The van der Waals surface area contributed by atoms with Crippen molar-refractivity contribution in [3.63, 3.8) is 0 Å². The van der Waals surface area contributed by atoms with E-state index in [0.29, 0.717) is 5.76 Å². The average Bonchev–Trinajstić information content (AvgIpc) is 2.53. The molecule has 4 heteroatoms. The second kappa shape index (κ2) is 8.97. The number of carbonyl (C=O) groups is 1. The molecular weight excluding hydrogens is 268 g/mol. The SMILES string of the molecule is COC(=O)/C=C(/OC)[C@H](C)[C@H](/C=C/c1ccccc1)OC. The van der Waals surface area contributed by atoms with Gasteiger partial charge in [0.15, 0.2) is 0 Å². The molecule has 0 amide bonds. The Balaban J connectivity index is 2.85. The van der Waals surface area contributed by atoms with Crippen molar-refractivity contribution in [1.82, 2.24) is 0 Å². The van der Waals surface area contributed by atoms with E-state index in [9.17, 15) is 4.79 Å². The van der Waals surface area contributed by atoms with Gasteiger partial charge in [-0.25, -0.2) is 4.79 Å². The fourth-order valence-electron chi connectivity index (χ4n) is 1.93. The summed E-state index contributed by atoms with van der Waals surface area (Å²) < 4.78 is 15.4. The smallest absolute Gasteiger partial charge is 0.333 e. The van der Waals surface area contributed by atoms with Crippen molar-refractivity contribution in [2.24, 2.45) is 5.92 Å². The van der Waals surface area contributed by atoms with E-state index in [4.69, 9.17) is 9.47 Å². The molecule has 1 aromatic carbocycles. The number of ether oxygens (including phenoxy) is 3. The largest absolute Gasteiger partial charge is 0.500 e. The Kier molecular flexibility index (Phi) is 7.26. The minimum atomic E-state index is -0.444. The van der Waals surface area contributed by atoms with E-state index < -0.39 is 5.97 Å². The van der Waals surface area contributed by atoms with Gasteiger partial charge in [-0.3, -0.25) is 0 Å². The van der Waals surface area contributed by atoms with Crippen LogP contribution in [-0.4, -0.2) is 33.4 Å². The second-order valence-electron chi connectivity index (χ2n) is 4.53. The van der Waals surface area contributed by atoms with Crippen LogP contribution in [0.1, 0.15) is 12.5 Å². The number of methoxy groups -OCH3 is 3. The maximum absolute atomic E-state index is 11.3. The molecule has 0 radical (unpaired) electrons. The summed E-state index contributed by atoms with van der Waals surface area (Å²) in [6.45, 7) is 1.93. The highest BCUT2D eigenvalue weighted by atomic mass is 16.5. The zero-order valence-electron chi connectivity index (χ0n) is 12.9. The van der Waals surface area contributed by atoms with Gasteiger partial charge in [0.05, 0.1) is 26.4 Å². The Morgan fingerprint density at radius 1 is 1.10 bits per heavy atom. The number of rotatable bonds is 7. The molecule has 0 N–H and O–H groups in total. The van der Waals surface area contributed by atoms with Crippen molar-refractivity contribution < 1.29 is 19.0 Å². The molecule has 114 valence electrons. The van der Waals surface area contributed by atoms with Gasteiger partial charge in [0.1, 0.15) is 5.76 Å². The lowest BCUT2D eigenvalue weighted by Gasteiger charge is -2.21. The molecule has 0 aliphatic rings. The van der Waals surface area contributed by atoms with Gasteiger partial charge in [0, 0.05) is 13.0 Å². The van der Waals surface area contributed by atoms with Crippen molar-refractivity contribution in [3.05, 3.63) is 53.8 Å². The van der Waals surface area contributed by atoms with Crippen molar-refractivity contribution in [3.8, 4) is 0 Å². The summed E-state index contributed by atoms with van der Waals surface area (Å²) in [6.07, 6.45) is 5.06. The minimum Gasteiger partial charge on any atom is -0.500 e. The predicted octanol–water partition coefficient (Wildman–Crippen LogP) is 3.05. The van der Waals surface area contributed by atoms with E-state index in [1.54, 1.807) is 7.11 Å². The highest BCUT2D eigenvalue weighted by Crippen LogP contribution is 2.20. The standard InChI is InChI=1S/C17H22O4/c1-13(16(20-3)12-17(18)21-4)15(19-2)11-10-14-8-6-5-7-9-14/h5-13,15H,1-4H3/b11-10+,16-12+/t13-,15+/m1/s1. The van der Waals surface area contributed by atoms with Crippen molar-refractivity contribution in [2.45, 2.75) is 13.0 Å². The van der Waals surface area contributed by atoms with E-state index in [-0.39, 0.29) is 12.0 Å². The first-order valence-corrected chi connectivity index (χ1v) is 6.72. The molecule has 1 aromatic rings. The maximum Gasteiger partial charge on any atom is 0.333 e. The van der Waals surface area contributed by atoms with Gasteiger partial charge in [-0.1, -0.05) is 49.4 Å². The van der Waals surface area contributed by atoms with Gasteiger partial charge in [0.2, 0.25) is 0 Å². The Morgan fingerprint density at radius 2 is 1.76 bits per heavy atom. The van der Waals surface area contributed by atoms with E-state index in [0.717, 1.165) is 5.56 Å². The first kappa shape index (κ1) is 17.0. The maximum atomic E-state index is 11.3. The summed E-state index contributed by atoms with van der Waals surface area (Å²) in [5.41, 5.74) is 1.09. The Hall–Kier alpha value is -2.07. The van der Waals surface area contributed by atoms with E-state index in [2.05, 4.69) is 4.74 Å². The number of esters is 1. The first-order valence-electron chi connectivity index (χ1n) is 6.72. The molecule has 0 saturated heterocycles. The number of benzene rings is 1. The molecule has 1 rings (SSSR count). The molecule has 0 spiro atoms. The lowest BCUT2D eigenvalue weighted by atomic mass is 10.0. The highest BCUT2D eigenvalue weighted by molar-refractivity contribution is 5.82. The molecule has 0 saturated carbocycles. The van der Waals surface area contributed by atoms with E-state index in [1.165, 1.54) is 20.3 Å². The van der Waals surface area contributed by atoms with Crippen molar-refractivity contribution >= 4 is 12.0 Å². The normalized spacial score (nSPS) is 14.8. The van der Waals surface area contributed by atoms with Gasteiger partial charge in [0.25, 0.3) is 0 Å². The van der Waals surface area contributed by atoms with Gasteiger partial charge >= 0.3 is 5.97 Å². The monoisotopic (exact) mass is 290 g/mol. The molecule has 0 heterocycles. The Bertz CT molecular complexity index is 491. The zero-order chi connectivity index (χ0) is 15.7. The van der Waals surface area contributed by atoms with E-state index in [1.807, 2.05) is 49.4 Å². The lowest BCUT2D eigenvalue weighted by molar-refractivity contribution is -0.135.